The first-order valence-corrected chi connectivity index (χ1v) is 6.77. The highest BCUT2D eigenvalue weighted by atomic mass is 79.9. The summed E-state index contributed by atoms with van der Waals surface area (Å²) in [7, 11) is 0. The van der Waals surface area contributed by atoms with Gasteiger partial charge in [0.25, 0.3) is 0 Å². The quantitative estimate of drug-likeness (QED) is 0.948. The third kappa shape index (κ3) is 2.33. The van der Waals surface area contributed by atoms with Crippen molar-refractivity contribution in [3.8, 4) is 5.69 Å². The van der Waals surface area contributed by atoms with E-state index in [0.29, 0.717) is 0 Å². The fourth-order valence-electron chi connectivity index (χ4n) is 1.83. The van der Waals surface area contributed by atoms with Crippen LogP contribution in [0.3, 0.4) is 0 Å². The molecule has 18 heavy (non-hydrogen) atoms. The summed E-state index contributed by atoms with van der Waals surface area (Å²) in [6, 6.07) is 3.98. The minimum absolute atomic E-state index is 0.00578. The molecular weight excluding hydrogens is 292 g/mol. The molecule has 4 nitrogen and oxygen atoms in total. The lowest BCUT2D eigenvalue weighted by Gasteiger charge is -2.09. The summed E-state index contributed by atoms with van der Waals surface area (Å²) in [5.74, 6) is 0. The van der Waals surface area contributed by atoms with Crippen molar-refractivity contribution >= 4 is 15.9 Å². The van der Waals surface area contributed by atoms with E-state index in [1.54, 1.807) is 0 Å². The van der Waals surface area contributed by atoms with Crippen molar-refractivity contribution in [2.75, 3.05) is 0 Å². The van der Waals surface area contributed by atoms with Gasteiger partial charge in [0, 0.05) is 6.04 Å². The lowest BCUT2D eigenvalue weighted by Crippen LogP contribution is -2.11. The maximum absolute atomic E-state index is 5.95. The number of hydrogen-bond donors (Lipinski definition) is 1. The van der Waals surface area contributed by atoms with Crippen LogP contribution in [-0.2, 0) is 0 Å². The SMILES string of the molecule is CC[C@H](N)c1ccc(-n2nc(C)c(Br)c2C)cn1. The van der Waals surface area contributed by atoms with Gasteiger partial charge in [0.2, 0.25) is 0 Å². The van der Waals surface area contributed by atoms with E-state index in [2.05, 4.69) is 32.9 Å². The molecule has 1 atom stereocenters. The lowest BCUT2D eigenvalue weighted by molar-refractivity contribution is 0.673. The number of aromatic nitrogens is 3. The highest BCUT2D eigenvalue weighted by Crippen LogP contribution is 2.23. The molecule has 2 aromatic heterocycles. The Bertz CT molecular complexity index is 545. The first-order chi connectivity index (χ1) is 8.54. The van der Waals surface area contributed by atoms with Gasteiger partial charge in [-0.25, -0.2) is 4.68 Å². The fraction of sp³-hybridized carbons (Fsp3) is 0.385. The van der Waals surface area contributed by atoms with Crippen LogP contribution in [0.15, 0.2) is 22.8 Å². The summed E-state index contributed by atoms with van der Waals surface area (Å²) in [6.45, 7) is 6.05. The molecular formula is C13H17BrN4. The number of aryl methyl sites for hydroxylation is 1. The van der Waals surface area contributed by atoms with Crippen molar-refractivity contribution in [1.82, 2.24) is 14.8 Å². The first-order valence-electron chi connectivity index (χ1n) is 5.98. The Morgan fingerprint density at radius 2 is 2.11 bits per heavy atom. The molecule has 0 spiro atoms. The van der Waals surface area contributed by atoms with Crippen LogP contribution in [0, 0.1) is 13.8 Å². The third-order valence-corrected chi connectivity index (χ3v) is 4.19. The van der Waals surface area contributed by atoms with Crippen LogP contribution in [0.5, 0.6) is 0 Å². The normalized spacial score (nSPS) is 12.7. The van der Waals surface area contributed by atoms with Gasteiger partial charge in [-0.1, -0.05) is 6.92 Å². The Balaban J connectivity index is 2.37. The van der Waals surface area contributed by atoms with E-state index < -0.39 is 0 Å². The average Bonchev–Trinajstić information content (AvgIpc) is 2.66. The van der Waals surface area contributed by atoms with Gasteiger partial charge < -0.3 is 5.73 Å². The molecule has 0 aromatic carbocycles. The monoisotopic (exact) mass is 308 g/mol. The Hall–Kier alpha value is -1.20. The van der Waals surface area contributed by atoms with E-state index in [0.717, 1.165) is 33.7 Å². The van der Waals surface area contributed by atoms with Gasteiger partial charge in [-0.15, -0.1) is 0 Å². The molecule has 2 aromatic rings. The third-order valence-electron chi connectivity index (χ3n) is 3.04. The summed E-state index contributed by atoms with van der Waals surface area (Å²) >= 11 is 3.52. The lowest BCUT2D eigenvalue weighted by atomic mass is 10.1. The maximum Gasteiger partial charge on any atom is 0.0832 e. The average molecular weight is 309 g/mol. The minimum Gasteiger partial charge on any atom is -0.323 e. The molecule has 2 heterocycles. The molecule has 0 unspecified atom stereocenters. The summed E-state index contributed by atoms with van der Waals surface area (Å²) < 4.78 is 2.92. The van der Waals surface area contributed by atoms with Crippen LogP contribution in [0.25, 0.3) is 5.69 Å². The molecule has 2 N–H and O–H groups in total. The van der Waals surface area contributed by atoms with E-state index in [9.17, 15) is 0 Å². The number of halogens is 1. The maximum atomic E-state index is 5.95. The Labute approximate surface area is 115 Å². The van der Waals surface area contributed by atoms with Gasteiger partial charge in [0.1, 0.15) is 0 Å². The second-order valence-electron chi connectivity index (χ2n) is 4.35. The molecule has 0 aliphatic carbocycles. The smallest absolute Gasteiger partial charge is 0.0832 e. The second-order valence-corrected chi connectivity index (χ2v) is 5.15. The molecule has 0 aliphatic heterocycles. The molecule has 2 rings (SSSR count). The molecule has 5 heteroatoms. The van der Waals surface area contributed by atoms with E-state index in [1.165, 1.54) is 0 Å². The van der Waals surface area contributed by atoms with E-state index in [1.807, 2.05) is 36.9 Å². The van der Waals surface area contributed by atoms with E-state index in [4.69, 9.17) is 5.73 Å². The van der Waals surface area contributed by atoms with Crippen molar-refractivity contribution in [2.45, 2.75) is 33.2 Å². The number of nitrogens with zero attached hydrogens (tertiary/aromatic N) is 3. The molecule has 96 valence electrons. The van der Waals surface area contributed by atoms with Crippen molar-refractivity contribution in [3.63, 3.8) is 0 Å². The summed E-state index contributed by atoms with van der Waals surface area (Å²) in [5, 5.41) is 4.47. The first kappa shape index (κ1) is 13.2. The second kappa shape index (κ2) is 5.20. The summed E-state index contributed by atoms with van der Waals surface area (Å²) in [4.78, 5) is 4.40. The molecule has 0 saturated carbocycles. The predicted octanol–water partition coefficient (Wildman–Crippen LogP) is 3.06. The van der Waals surface area contributed by atoms with E-state index in [-0.39, 0.29) is 6.04 Å². The molecule has 0 aliphatic rings. The van der Waals surface area contributed by atoms with Crippen LogP contribution in [0.4, 0.5) is 0 Å². The zero-order valence-electron chi connectivity index (χ0n) is 10.8. The number of pyridine rings is 1. The van der Waals surface area contributed by atoms with E-state index >= 15 is 0 Å². The molecule has 0 fully saturated rings. The van der Waals surface area contributed by atoms with Crippen molar-refractivity contribution in [1.29, 1.82) is 0 Å². The Morgan fingerprint density at radius 1 is 1.39 bits per heavy atom. The standard InChI is InChI=1S/C13H17BrN4/c1-4-11(15)12-6-5-10(7-16-12)18-9(3)13(14)8(2)17-18/h5-7,11H,4,15H2,1-3H3/t11-/m0/s1. The van der Waals surface area contributed by atoms with Crippen molar-refractivity contribution in [2.24, 2.45) is 5.73 Å². The minimum atomic E-state index is 0.00578. The zero-order chi connectivity index (χ0) is 13.3. The summed E-state index contributed by atoms with van der Waals surface area (Å²) in [5.41, 5.74) is 9.86. The molecule has 0 radical (unpaired) electrons. The Morgan fingerprint density at radius 3 is 2.56 bits per heavy atom. The topological polar surface area (TPSA) is 56.7 Å². The molecule has 0 amide bonds. The van der Waals surface area contributed by atoms with Gasteiger partial charge in [-0.2, -0.15) is 5.10 Å². The van der Waals surface area contributed by atoms with Crippen LogP contribution < -0.4 is 5.73 Å². The van der Waals surface area contributed by atoms with Gasteiger partial charge in [0.05, 0.1) is 33.4 Å². The van der Waals surface area contributed by atoms with Gasteiger partial charge in [-0.3, -0.25) is 4.98 Å². The van der Waals surface area contributed by atoms with Crippen LogP contribution in [0.2, 0.25) is 0 Å². The fourth-order valence-corrected chi connectivity index (χ4v) is 2.07. The van der Waals surface area contributed by atoms with Gasteiger partial charge >= 0.3 is 0 Å². The van der Waals surface area contributed by atoms with Crippen molar-refractivity contribution < 1.29 is 0 Å². The highest BCUT2D eigenvalue weighted by molar-refractivity contribution is 9.10. The van der Waals surface area contributed by atoms with Crippen LogP contribution >= 0.6 is 15.9 Å². The highest BCUT2D eigenvalue weighted by Gasteiger charge is 2.11. The Kier molecular flexibility index (Phi) is 3.82. The predicted molar refractivity (Wildman–Crippen MR) is 75.8 cm³/mol. The number of rotatable bonds is 3. The molecule has 0 bridgehead atoms. The number of hydrogen-bond acceptors (Lipinski definition) is 3. The zero-order valence-corrected chi connectivity index (χ0v) is 12.4. The number of nitrogens with two attached hydrogens (primary N) is 1. The van der Waals surface area contributed by atoms with Crippen LogP contribution in [-0.4, -0.2) is 14.8 Å². The van der Waals surface area contributed by atoms with Gasteiger partial charge in [0.15, 0.2) is 0 Å². The summed E-state index contributed by atoms with van der Waals surface area (Å²) in [6.07, 6.45) is 2.70. The van der Waals surface area contributed by atoms with Crippen LogP contribution in [0.1, 0.15) is 36.5 Å². The van der Waals surface area contributed by atoms with Gasteiger partial charge in [-0.05, 0) is 48.3 Å². The molecule has 0 saturated heterocycles. The van der Waals surface area contributed by atoms with Crippen molar-refractivity contribution in [3.05, 3.63) is 39.9 Å². The largest absolute Gasteiger partial charge is 0.323 e.